The smallest absolute Gasteiger partial charge is 0.462 e. The van der Waals surface area contributed by atoms with Crippen molar-refractivity contribution in [2.45, 2.75) is 328 Å². The second kappa shape index (κ2) is 61.3. The average Bonchev–Trinajstić information content (AvgIpc) is 3.42. The van der Waals surface area contributed by atoms with Crippen LogP contribution in [0.1, 0.15) is 322 Å². The Bertz CT molecular complexity index is 1530. The monoisotopic (exact) mass is 1140 g/mol. The number of phosphoric ester groups is 1. The fourth-order valence-electron chi connectivity index (χ4n) is 9.83. The van der Waals surface area contributed by atoms with E-state index in [1.54, 1.807) is 0 Å². The number of carbonyl (C=O) groups excluding carboxylic acids is 2. The molecular formula is C70H131NO8P+. The Morgan fingerprint density at radius 2 is 0.713 bits per heavy atom. The van der Waals surface area contributed by atoms with Gasteiger partial charge in [-0.1, -0.05) is 293 Å². The van der Waals surface area contributed by atoms with Gasteiger partial charge in [0.15, 0.2) is 6.10 Å². The lowest BCUT2D eigenvalue weighted by molar-refractivity contribution is -0.870. The zero-order chi connectivity index (χ0) is 58.4. The molecule has 0 spiro atoms. The molecule has 2 atom stereocenters. The molecule has 0 rings (SSSR count). The highest BCUT2D eigenvalue weighted by atomic mass is 31.2. The van der Waals surface area contributed by atoms with E-state index in [1.807, 2.05) is 21.1 Å². The number of ether oxygens (including phenoxy) is 2. The Hall–Kier alpha value is -2.29. The van der Waals surface area contributed by atoms with Crippen molar-refractivity contribution in [2.24, 2.45) is 0 Å². The van der Waals surface area contributed by atoms with Crippen LogP contribution in [0.3, 0.4) is 0 Å². The largest absolute Gasteiger partial charge is 0.472 e. The molecule has 0 fully saturated rings. The summed E-state index contributed by atoms with van der Waals surface area (Å²) in [6.45, 7) is 4.37. The van der Waals surface area contributed by atoms with Crippen molar-refractivity contribution in [3.63, 3.8) is 0 Å². The minimum atomic E-state index is -4.39. The van der Waals surface area contributed by atoms with Crippen LogP contribution in [0, 0.1) is 0 Å². The highest BCUT2D eigenvalue weighted by molar-refractivity contribution is 7.47. The van der Waals surface area contributed by atoms with E-state index in [1.165, 1.54) is 225 Å². The zero-order valence-corrected chi connectivity index (χ0v) is 54.2. The Balaban J connectivity index is 4.02. The van der Waals surface area contributed by atoms with Gasteiger partial charge in [-0.15, -0.1) is 0 Å². The maximum atomic E-state index is 12.9. The number of unbranched alkanes of at least 4 members (excludes halogenated alkanes) is 39. The third kappa shape index (κ3) is 64.9. The Kier molecular flexibility index (Phi) is 59.5. The molecule has 0 aromatic rings. The van der Waals surface area contributed by atoms with Crippen molar-refractivity contribution < 1.29 is 42.1 Å². The summed E-state index contributed by atoms with van der Waals surface area (Å²) in [5, 5.41) is 0. The molecular weight excluding hydrogens is 1010 g/mol. The molecule has 9 nitrogen and oxygen atoms in total. The standard InChI is InChI=1S/C70H130NO8P/c1-6-8-10-12-14-16-18-20-22-24-26-28-30-32-33-34-35-36-37-39-40-42-44-46-48-50-52-54-56-58-60-62-69(72)76-66-68(67-78-80(74,75)77-65-64-71(3,4)5)79-70(73)63-61-59-57-55-53-51-49-47-45-43-41-38-31-29-27-25-23-21-19-17-15-13-11-9-7-2/h9,11,15,17,21,23-24,26-27,29,68H,6-8,10,12-14,16,18-20,22,25,28,30-67H2,1-5H3/p+1/b11-9-,17-15-,23-21-,26-24-,29-27-. The molecule has 1 N–H and O–H groups in total. The molecule has 0 aliphatic heterocycles. The van der Waals surface area contributed by atoms with E-state index in [0.29, 0.717) is 23.9 Å². The second-order valence-electron chi connectivity index (χ2n) is 24.2. The Morgan fingerprint density at radius 1 is 0.400 bits per heavy atom. The first kappa shape index (κ1) is 77.7. The normalized spacial score (nSPS) is 13.5. The highest BCUT2D eigenvalue weighted by Gasteiger charge is 2.27. The third-order valence-corrected chi connectivity index (χ3v) is 16.0. The van der Waals surface area contributed by atoms with Gasteiger partial charge in [-0.05, 0) is 77.0 Å². The van der Waals surface area contributed by atoms with E-state index in [-0.39, 0.29) is 25.6 Å². The number of esters is 2. The lowest BCUT2D eigenvalue weighted by atomic mass is 10.0. The van der Waals surface area contributed by atoms with Crippen molar-refractivity contribution in [2.75, 3.05) is 47.5 Å². The minimum absolute atomic E-state index is 0.0314. The maximum absolute atomic E-state index is 12.9. The molecule has 0 radical (unpaired) electrons. The van der Waals surface area contributed by atoms with Crippen molar-refractivity contribution >= 4 is 19.8 Å². The van der Waals surface area contributed by atoms with Crippen LogP contribution >= 0.6 is 7.82 Å². The van der Waals surface area contributed by atoms with Crippen molar-refractivity contribution in [3.05, 3.63) is 60.8 Å². The lowest BCUT2D eigenvalue weighted by Gasteiger charge is -2.24. The first-order valence-corrected chi connectivity index (χ1v) is 35.5. The minimum Gasteiger partial charge on any atom is -0.462 e. The van der Waals surface area contributed by atoms with Gasteiger partial charge >= 0.3 is 19.8 Å². The van der Waals surface area contributed by atoms with Gasteiger partial charge in [-0.2, -0.15) is 0 Å². The summed E-state index contributed by atoms with van der Waals surface area (Å²) in [6, 6.07) is 0. The zero-order valence-electron chi connectivity index (χ0n) is 53.3. The molecule has 468 valence electrons. The molecule has 0 saturated heterocycles. The maximum Gasteiger partial charge on any atom is 0.472 e. The number of hydrogen-bond acceptors (Lipinski definition) is 7. The summed E-state index contributed by atoms with van der Waals surface area (Å²) in [4.78, 5) is 35.8. The molecule has 0 amide bonds. The molecule has 0 aromatic heterocycles. The molecule has 0 aromatic carbocycles. The van der Waals surface area contributed by atoms with E-state index < -0.39 is 26.5 Å². The second-order valence-corrected chi connectivity index (χ2v) is 25.6. The van der Waals surface area contributed by atoms with Crippen molar-refractivity contribution in [3.8, 4) is 0 Å². The number of allylic oxidation sites excluding steroid dienone is 10. The van der Waals surface area contributed by atoms with Crippen LogP contribution in [0.5, 0.6) is 0 Å². The summed E-state index contributed by atoms with van der Waals surface area (Å²) in [7, 11) is 1.49. The molecule has 0 aliphatic rings. The molecule has 2 unspecified atom stereocenters. The molecule has 0 bridgehead atoms. The molecule has 0 aliphatic carbocycles. The number of carbonyl (C=O) groups is 2. The van der Waals surface area contributed by atoms with Crippen LogP contribution in [0.4, 0.5) is 0 Å². The summed E-state index contributed by atoms with van der Waals surface area (Å²) in [5.74, 6) is -0.786. The van der Waals surface area contributed by atoms with Crippen molar-refractivity contribution in [1.82, 2.24) is 0 Å². The SMILES string of the molecule is CC/C=C\C/C=C\C/C=C\C/C=C\CCCCCCCCCCCCCCC(=O)OC(COC(=O)CCCCCCCCCCCCCCCCCCCCC/C=C\CCCCCCCCCC)COP(=O)(O)OCC[N+](C)(C)C. The van der Waals surface area contributed by atoms with Gasteiger partial charge in [-0.25, -0.2) is 4.57 Å². The molecule has 0 saturated carbocycles. The highest BCUT2D eigenvalue weighted by Crippen LogP contribution is 2.43. The number of likely N-dealkylation sites (N-methyl/N-ethyl adjacent to an activating group) is 1. The van der Waals surface area contributed by atoms with Gasteiger partial charge in [0.25, 0.3) is 0 Å². The average molecular weight is 1150 g/mol. The Labute approximate surface area is 496 Å². The van der Waals surface area contributed by atoms with Crippen LogP contribution in [0.2, 0.25) is 0 Å². The van der Waals surface area contributed by atoms with Gasteiger partial charge in [0.1, 0.15) is 19.8 Å². The van der Waals surface area contributed by atoms with Crippen LogP contribution in [-0.4, -0.2) is 74.9 Å². The number of quaternary nitrogens is 1. The van der Waals surface area contributed by atoms with Crippen LogP contribution in [-0.2, 0) is 32.7 Å². The quantitative estimate of drug-likeness (QED) is 0.0211. The molecule has 80 heavy (non-hydrogen) atoms. The number of hydrogen-bond donors (Lipinski definition) is 1. The van der Waals surface area contributed by atoms with Gasteiger partial charge in [0, 0.05) is 12.8 Å². The van der Waals surface area contributed by atoms with Crippen LogP contribution in [0.25, 0.3) is 0 Å². The van der Waals surface area contributed by atoms with Gasteiger partial charge in [0.05, 0.1) is 27.7 Å². The summed E-state index contributed by atoms with van der Waals surface area (Å²) >= 11 is 0. The number of phosphoric acid groups is 1. The van der Waals surface area contributed by atoms with Gasteiger partial charge in [0.2, 0.25) is 0 Å². The topological polar surface area (TPSA) is 108 Å². The predicted molar refractivity (Wildman–Crippen MR) is 344 cm³/mol. The van der Waals surface area contributed by atoms with Gasteiger partial charge in [-0.3, -0.25) is 18.6 Å². The molecule has 10 heteroatoms. The third-order valence-electron chi connectivity index (χ3n) is 15.0. The van der Waals surface area contributed by atoms with Crippen LogP contribution < -0.4 is 0 Å². The Morgan fingerprint density at radius 3 is 1.07 bits per heavy atom. The fraction of sp³-hybridized carbons (Fsp3) is 0.829. The van der Waals surface area contributed by atoms with Gasteiger partial charge < -0.3 is 18.9 Å². The first-order valence-electron chi connectivity index (χ1n) is 34.0. The van der Waals surface area contributed by atoms with E-state index >= 15 is 0 Å². The predicted octanol–water partition coefficient (Wildman–Crippen LogP) is 21.8. The van der Waals surface area contributed by atoms with Crippen molar-refractivity contribution in [1.29, 1.82) is 0 Å². The molecule has 0 heterocycles. The van der Waals surface area contributed by atoms with E-state index in [4.69, 9.17) is 18.5 Å². The first-order chi connectivity index (χ1) is 39.0. The van der Waals surface area contributed by atoms with Crippen LogP contribution in [0.15, 0.2) is 60.8 Å². The summed E-state index contributed by atoms with van der Waals surface area (Å²) in [5.41, 5.74) is 0. The number of nitrogens with zero attached hydrogens (tertiary/aromatic N) is 1. The van der Waals surface area contributed by atoms with E-state index in [0.717, 1.165) is 64.2 Å². The number of rotatable bonds is 63. The summed E-state index contributed by atoms with van der Waals surface area (Å²) in [6.07, 6.45) is 80.4. The fourth-order valence-corrected chi connectivity index (χ4v) is 10.6. The lowest BCUT2D eigenvalue weighted by Crippen LogP contribution is -2.37. The summed E-state index contributed by atoms with van der Waals surface area (Å²) < 4.78 is 34.7. The van der Waals surface area contributed by atoms with E-state index in [2.05, 4.69) is 74.6 Å². The van der Waals surface area contributed by atoms with E-state index in [9.17, 15) is 19.0 Å².